The second-order valence-corrected chi connectivity index (χ2v) is 6.19. The summed E-state index contributed by atoms with van der Waals surface area (Å²) in [5, 5.41) is 0. The van der Waals surface area contributed by atoms with E-state index in [1.807, 2.05) is 0 Å². The molecule has 2 heteroatoms. The van der Waals surface area contributed by atoms with Crippen molar-refractivity contribution >= 4 is 0 Å². The maximum absolute atomic E-state index is 6.13. The fourth-order valence-corrected chi connectivity index (χ4v) is 3.16. The van der Waals surface area contributed by atoms with Crippen molar-refractivity contribution in [2.24, 2.45) is 11.7 Å². The summed E-state index contributed by atoms with van der Waals surface area (Å²) in [4.78, 5) is 2.60. The van der Waals surface area contributed by atoms with Crippen molar-refractivity contribution < 1.29 is 0 Å². The van der Waals surface area contributed by atoms with Gasteiger partial charge >= 0.3 is 0 Å². The van der Waals surface area contributed by atoms with Crippen LogP contribution < -0.4 is 5.73 Å². The van der Waals surface area contributed by atoms with Crippen LogP contribution in [0.5, 0.6) is 0 Å². The van der Waals surface area contributed by atoms with E-state index >= 15 is 0 Å². The van der Waals surface area contributed by atoms with Gasteiger partial charge in [0.1, 0.15) is 0 Å². The molecular weight excluding hydrogens is 232 g/mol. The van der Waals surface area contributed by atoms with Gasteiger partial charge in [-0.15, -0.1) is 0 Å². The monoisotopic (exact) mass is 258 g/mol. The highest BCUT2D eigenvalue weighted by Crippen LogP contribution is 2.44. The van der Waals surface area contributed by atoms with Crippen molar-refractivity contribution in [3.05, 3.63) is 35.4 Å². The summed E-state index contributed by atoms with van der Waals surface area (Å²) in [5.41, 5.74) is 9.18. The molecule has 2 aliphatic rings. The lowest BCUT2D eigenvalue weighted by atomic mass is 9.95. The first-order valence-corrected chi connectivity index (χ1v) is 7.86. The van der Waals surface area contributed by atoms with E-state index in [4.69, 9.17) is 5.73 Å². The maximum atomic E-state index is 6.13. The maximum Gasteiger partial charge on any atom is 0.0473 e. The number of likely N-dealkylation sites (N-methyl/N-ethyl adjacent to an activating group) is 1. The summed E-state index contributed by atoms with van der Waals surface area (Å²) in [6.07, 6.45) is 5.56. The second-order valence-electron chi connectivity index (χ2n) is 6.19. The average Bonchev–Trinajstić information content (AvgIpc) is 3.32. The largest absolute Gasteiger partial charge is 0.329 e. The summed E-state index contributed by atoms with van der Waals surface area (Å²) in [6, 6.07) is 9.40. The molecule has 2 fully saturated rings. The lowest BCUT2D eigenvalue weighted by molar-refractivity contribution is 0.202. The normalized spacial score (nSPS) is 20.8. The summed E-state index contributed by atoms with van der Waals surface area (Å²) in [5.74, 6) is 1.74. The quantitative estimate of drug-likeness (QED) is 0.813. The van der Waals surface area contributed by atoms with E-state index in [-0.39, 0.29) is 0 Å². The molecule has 0 aliphatic heterocycles. The second kappa shape index (κ2) is 5.64. The molecule has 3 rings (SSSR count). The summed E-state index contributed by atoms with van der Waals surface area (Å²) < 4.78 is 0. The first-order chi connectivity index (χ1) is 9.33. The van der Waals surface area contributed by atoms with E-state index < -0.39 is 0 Å². The molecule has 1 unspecified atom stereocenters. The molecule has 0 radical (unpaired) electrons. The third kappa shape index (κ3) is 3.01. The molecule has 0 saturated heterocycles. The van der Waals surface area contributed by atoms with Crippen LogP contribution in [0.15, 0.2) is 24.3 Å². The Balaban J connectivity index is 1.83. The van der Waals surface area contributed by atoms with Gasteiger partial charge in [0.2, 0.25) is 0 Å². The van der Waals surface area contributed by atoms with Crippen LogP contribution >= 0.6 is 0 Å². The van der Waals surface area contributed by atoms with E-state index in [0.717, 1.165) is 24.9 Å². The Morgan fingerprint density at radius 2 is 1.95 bits per heavy atom. The average molecular weight is 258 g/mol. The highest BCUT2D eigenvalue weighted by Gasteiger charge is 2.31. The number of nitrogens with zero attached hydrogens (tertiary/aromatic N) is 1. The molecule has 2 nitrogen and oxygen atoms in total. The van der Waals surface area contributed by atoms with Crippen LogP contribution in [0.1, 0.15) is 55.7 Å². The molecule has 0 heterocycles. The van der Waals surface area contributed by atoms with E-state index in [2.05, 4.69) is 36.1 Å². The van der Waals surface area contributed by atoms with Crippen molar-refractivity contribution in [3.8, 4) is 0 Å². The molecule has 0 spiro atoms. The number of nitrogens with two attached hydrogens (primary N) is 1. The van der Waals surface area contributed by atoms with Gasteiger partial charge in [-0.1, -0.05) is 31.2 Å². The molecule has 2 saturated carbocycles. The van der Waals surface area contributed by atoms with Gasteiger partial charge in [-0.05, 0) is 55.2 Å². The zero-order valence-electron chi connectivity index (χ0n) is 12.0. The van der Waals surface area contributed by atoms with Gasteiger partial charge in [0, 0.05) is 19.1 Å². The first kappa shape index (κ1) is 13.1. The van der Waals surface area contributed by atoms with Gasteiger partial charge in [-0.2, -0.15) is 0 Å². The lowest BCUT2D eigenvalue weighted by Gasteiger charge is -2.31. The van der Waals surface area contributed by atoms with Gasteiger partial charge in [0.15, 0.2) is 0 Å². The highest BCUT2D eigenvalue weighted by atomic mass is 15.2. The Morgan fingerprint density at radius 3 is 2.53 bits per heavy atom. The van der Waals surface area contributed by atoms with Crippen molar-refractivity contribution in [2.75, 3.05) is 19.6 Å². The molecular formula is C17H26N2. The van der Waals surface area contributed by atoms with Crippen molar-refractivity contribution in [1.82, 2.24) is 4.90 Å². The molecule has 1 aromatic rings. The van der Waals surface area contributed by atoms with Crippen LogP contribution in [0.2, 0.25) is 0 Å². The Kier molecular flexibility index (Phi) is 3.90. The third-order valence-electron chi connectivity index (χ3n) is 4.63. The lowest BCUT2D eigenvalue weighted by Crippen LogP contribution is -2.35. The van der Waals surface area contributed by atoms with Crippen molar-refractivity contribution in [2.45, 2.75) is 44.6 Å². The van der Waals surface area contributed by atoms with E-state index in [0.29, 0.717) is 6.04 Å². The van der Waals surface area contributed by atoms with Crippen LogP contribution in [0.25, 0.3) is 0 Å². The topological polar surface area (TPSA) is 29.3 Å². The van der Waals surface area contributed by atoms with Crippen LogP contribution in [0.3, 0.4) is 0 Å². The van der Waals surface area contributed by atoms with Crippen LogP contribution in [-0.2, 0) is 0 Å². The molecule has 1 atom stereocenters. The summed E-state index contributed by atoms with van der Waals surface area (Å²) >= 11 is 0. The van der Waals surface area contributed by atoms with Crippen molar-refractivity contribution in [1.29, 1.82) is 0 Å². The minimum Gasteiger partial charge on any atom is -0.329 e. The predicted molar refractivity (Wildman–Crippen MR) is 80.2 cm³/mol. The molecule has 0 amide bonds. The Morgan fingerprint density at radius 1 is 1.21 bits per heavy atom. The minimum absolute atomic E-state index is 0.419. The fourth-order valence-electron chi connectivity index (χ4n) is 3.16. The smallest absolute Gasteiger partial charge is 0.0473 e. The van der Waals surface area contributed by atoms with Crippen molar-refractivity contribution in [3.63, 3.8) is 0 Å². The Labute approximate surface area is 117 Å². The molecule has 0 aromatic heterocycles. The molecule has 2 N–H and O–H groups in total. The fraction of sp³-hybridized carbons (Fsp3) is 0.647. The third-order valence-corrected chi connectivity index (χ3v) is 4.63. The molecule has 104 valence electrons. The van der Waals surface area contributed by atoms with Crippen LogP contribution in [0.4, 0.5) is 0 Å². The molecule has 0 bridgehead atoms. The molecule has 19 heavy (non-hydrogen) atoms. The Hall–Kier alpha value is -0.860. The summed E-state index contributed by atoms with van der Waals surface area (Å²) in [6.45, 7) is 5.35. The van der Waals surface area contributed by atoms with Gasteiger partial charge in [-0.25, -0.2) is 0 Å². The zero-order valence-corrected chi connectivity index (χ0v) is 12.0. The number of rotatable bonds is 7. The number of hydrogen-bond acceptors (Lipinski definition) is 2. The predicted octanol–water partition coefficient (Wildman–Crippen LogP) is 3.30. The first-order valence-electron chi connectivity index (χ1n) is 7.86. The minimum atomic E-state index is 0.419. The summed E-state index contributed by atoms with van der Waals surface area (Å²) in [7, 11) is 0. The SMILES string of the molecule is CCN(CC1CC1)C(CN)c1ccccc1C1CC1. The van der Waals surface area contributed by atoms with Gasteiger partial charge < -0.3 is 5.73 Å². The molecule has 1 aromatic carbocycles. The van der Waals surface area contributed by atoms with Gasteiger partial charge in [-0.3, -0.25) is 4.90 Å². The highest BCUT2D eigenvalue weighted by molar-refractivity contribution is 5.35. The van der Waals surface area contributed by atoms with Crippen LogP contribution in [0, 0.1) is 5.92 Å². The Bertz CT molecular complexity index is 421. The standard InChI is InChI=1S/C17H26N2/c1-2-19(12-13-7-8-13)17(11-18)16-6-4-3-5-15(16)14-9-10-14/h3-6,13-14,17H,2,7-12,18H2,1H3. The van der Waals surface area contributed by atoms with E-state index in [1.54, 1.807) is 5.56 Å². The van der Waals surface area contributed by atoms with E-state index in [1.165, 1.54) is 37.8 Å². The van der Waals surface area contributed by atoms with Gasteiger partial charge in [0.25, 0.3) is 0 Å². The number of benzene rings is 1. The van der Waals surface area contributed by atoms with E-state index in [9.17, 15) is 0 Å². The van der Waals surface area contributed by atoms with Crippen LogP contribution in [-0.4, -0.2) is 24.5 Å². The van der Waals surface area contributed by atoms with Gasteiger partial charge in [0.05, 0.1) is 0 Å². The zero-order chi connectivity index (χ0) is 13.2. The molecule has 2 aliphatic carbocycles. The number of hydrogen-bond donors (Lipinski definition) is 1.